The van der Waals surface area contributed by atoms with Gasteiger partial charge in [-0.1, -0.05) is 19.1 Å². The van der Waals surface area contributed by atoms with E-state index in [1.54, 1.807) is 22.7 Å². The van der Waals surface area contributed by atoms with Crippen LogP contribution in [-0.2, 0) is 11.3 Å². The first-order valence-electron chi connectivity index (χ1n) is 8.12. The summed E-state index contributed by atoms with van der Waals surface area (Å²) >= 11 is 3.22. The summed E-state index contributed by atoms with van der Waals surface area (Å²) in [5.41, 5.74) is 0.768. The number of para-hydroxylation sites is 1. The molecular weight excluding hydrogens is 354 g/mol. The molecule has 1 atom stereocenters. The molecular formula is C18H17N3O2S2. The number of carbonyl (C=O) groups excluding carboxylic acids is 1. The van der Waals surface area contributed by atoms with Crippen molar-refractivity contribution in [1.82, 2.24) is 9.55 Å². The number of anilines is 1. The highest BCUT2D eigenvalue weighted by molar-refractivity contribution is 8.00. The van der Waals surface area contributed by atoms with Crippen LogP contribution in [0.5, 0.6) is 0 Å². The number of amides is 1. The second-order valence-electron chi connectivity index (χ2n) is 6.05. The summed E-state index contributed by atoms with van der Waals surface area (Å²) in [6.45, 7) is 2.84. The maximum Gasteiger partial charge on any atom is 0.262 e. The van der Waals surface area contributed by atoms with E-state index in [1.807, 2.05) is 29.6 Å². The Morgan fingerprint density at radius 1 is 1.32 bits per heavy atom. The molecule has 0 spiro atoms. The number of thioether (sulfide) groups is 1. The van der Waals surface area contributed by atoms with Gasteiger partial charge in [0.15, 0.2) is 0 Å². The Kier molecular flexibility index (Phi) is 4.35. The van der Waals surface area contributed by atoms with Gasteiger partial charge in [-0.3, -0.25) is 14.2 Å². The smallest absolute Gasteiger partial charge is 0.262 e. The zero-order chi connectivity index (χ0) is 17.4. The van der Waals surface area contributed by atoms with Crippen molar-refractivity contribution in [3.63, 3.8) is 0 Å². The normalized spacial score (nSPS) is 17.3. The molecule has 1 amide bonds. The third kappa shape index (κ3) is 3.09. The highest BCUT2D eigenvalue weighted by Crippen LogP contribution is 2.37. The van der Waals surface area contributed by atoms with Crippen molar-refractivity contribution in [2.24, 2.45) is 0 Å². The van der Waals surface area contributed by atoms with Crippen molar-refractivity contribution in [2.45, 2.75) is 30.0 Å². The number of aromatic nitrogens is 2. The average Bonchev–Trinajstić information content (AvgIpc) is 3.01. The standard InChI is InChI=1S/C18H17N3O2S2/c1-12-6-8-21(14-4-2-3-5-15(14)25-12)16(22)10-20-11-19-17-13(18(20)23)7-9-24-17/h2-5,7,9,11-12H,6,8,10H2,1H3/t12-/m1/s1. The van der Waals surface area contributed by atoms with Gasteiger partial charge in [0, 0.05) is 16.7 Å². The molecule has 3 aromatic rings. The third-order valence-corrected chi connectivity index (χ3v) is 6.36. The lowest BCUT2D eigenvalue weighted by Gasteiger charge is -2.22. The highest BCUT2D eigenvalue weighted by Gasteiger charge is 2.24. The molecule has 0 saturated carbocycles. The van der Waals surface area contributed by atoms with Crippen molar-refractivity contribution in [3.05, 3.63) is 52.4 Å². The van der Waals surface area contributed by atoms with E-state index in [9.17, 15) is 9.59 Å². The lowest BCUT2D eigenvalue weighted by molar-refractivity contribution is -0.119. The molecule has 0 unspecified atom stereocenters. The van der Waals surface area contributed by atoms with Gasteiger partial charge >= 0.3 is 0 Å². The van der Waals surface area contributed by atoms with Gasteiger partial charge in [0.1, 0.15) is 11.4 Å². The Morgan fingerprint density at radius 3 is 3.04 bits per heavy atom. The van der Waals surface area contributed by atoms with Crippen molar-refractivity contribution in [1.29, 1.82) is 0 Å². The van der Waals surface area contributed by atoms with Gasteiger partial charge in [0.25, 0.3) is 5.56 Å². The summed E-state index contributed by atoms with van der Waals surface area (Å²) < 4.78 is 1.40. The Labute approximate surface area is 153 Å². The quantitative estimate of drug-likeness (QED) is 0.693. The molecule has 0 saturated heterocycles. The van der Waals surface area contributed by atoms with Crippen molar-refractivity contribution < 1.29 is 4.79 Å². The highest BCUT2D eigenvalue weighted by atomic mass is 32.2. The van der Waals surface area contributed by atoms with Gasteiger partial charge < -0.3 is 4.90 Å². The van der Waals surface area contributed by atoms with E-state index in [1.165, 1.54) is 22.2 Å². The maximum atomic E-state index is 12.9. The van der Waals surface area contributed by atoms with Crippen LogP contribution >= 0.6 is 23.1 Å². The molecule has 0 N–H and O–H groups in total. The summed E-state index contributed by atoms with van der Waals surface area (Å²) in [4.78, 5) is 33.4. The van der Waals surface area contributed by atoms with E-state index >= 15 is 0 Å². The first kappa shape index (κ1) is 16.4. The fourth-order valence-corrected chi connectivity index (χ4v) is 4.82. The van der Waals surface area contributed by atoms with Crippen LogP contribution < -0.4 is 10.5 Å². The van der Waals surface area contributed by atoms with Crippen molar-refractivity contribution >= 4 is 44.9 Å². The number of nitrogens with zero attached hydrogens (tertiary/aromatic N) is 3. The SMILES string of the molecule is C[C@@H]1CCN(C(=O)Cn2cnc3sccc3c2=O)c2ccccc2S1. The van der Waals surface area contributed by atoms with E-state index < -0.39 is 0 Å². The lowest BCUT2D eigenvalue weighted by Crippen LogP contribution is -2.37. The number of thiophene rings is 1. The molecule has 4 rings (SSSR count). The van der Waals surface area contributed by atoms with E-state index in [-0.39, 0.29) is 18.0 Å². The summed E-state index contributed by atoms with van der Waals surface area (Å²) in [6.07, 6.45) is 2.39. The summed E-state index contributed by atoms with van der Waals surface area (Å²) in [5.74, 6) is -0.0828. The number of fused-ring (bicyclic) bond motifs is 2. The Hall–Kier alpha value is -2.12. The zero-order valence-electron chi connectivity index (χ0n) is 13.7. The molecule has 5 nitrogen and oxygen atoms in total. The summed E-state index contributed by atoms with van der Waals surface area (Å²) in [7, 11) is 0. The predicted octanol–water partition coefficient (Wildman–Crippen LogP) is 3.38. The number of carbonyl (C=O) groups is 1. The molecule has 0 fully saturated rings. The van der Waals surface area contributed by atoms with Gasteiger partial charge in [-0.25, -0.2) is 4.98 Å². The van der Waals surface area contributed by atoms with Crippen LogP contribution in [0, 0.1) is 0 Å². The molecule has 25 heavy (non-hydrogen) atoms. The average molecular weight is 371 g/mol. The van der Waals surface area contributed by atoms with Gasteiger partial charge in [-0.15, -0.1) is 23.1 Å². The fourth-order valence-electron chi connectivity index (χ4n) is 2.98. The van der Waals surface area contributed by atoms with E-state index in [0.717, 1.165) is 17.0 Å². The number of hydrogen-bond acceptors (Lipinski definition) is 5. The topological polar surface area (TPSA) is 55.2 Å². The predicted molar refractivity (Wildman–Crippen MR) is 103 cm³/mol. The van der Waals surface area contributed by atoms with Crippen LogP contribution in [0.2, 0.25) is 0 Å². The van der Waals surface area contributed by atoms with Gasteiger partial charge in [0.05, 0.1) is 17.4 Å². The minimum absolute atomic E-state index is 0.00496. The summed E-state index contributed by atoms with van der Waals surface area (Å²) in [6, 6.07) is 9.72. The van der Waals surface area contributed by atoms with Crippen LogP contribution in [0.25, 0.3) is 10.2 Å². The Morgan fingerprint density at radius 2 is 2.16 bits per heavy atom. The fraction of sp³-hybridized carbons (Fsp3) is 0.278. The monoisotopic (exact) mass is 371 g/mol. The molecule has 3 heterocycles. The molecule has 1 aliphatic heterocycles. The van der Waals surface area contributed by atoms with Crippen LogP contribution in [-0.4, -0.2) is 27.3 Å². The largest absolute Gasteiger partial charge is 0.310 e. The number of benzene rings is 1. The molecule has 1 aliphatic rings. The minimum atomic E-state index is -0.162. The van der Waals surface area contributed by atoms with Gasteiger partial charge in [0.2, 0.25) is 5.91 Å². The zero-order valence-corrected chi connectivity index (χ0v) is 15.3. The third-order valence-electron chi connectivity index (χ3n) is 4.30. The maximum absolute atomic E-state index is 12.9. The Balaban J connectivity index is 1.66. The van der Waals surface area contributed by atoms with Crippen LogP contribution in [0.3, 0.4) is 0 Å². The van der Waals surface area contributed by atoms with Crippen molar-refractivity contribution in [3.8, 4) is 0 Å². The number of rotatable bonds is 2. The van der Waals surface area contributed by atoms with Crippen LogP contribution in [0.4, 0.5) is 5.69 Å². The molecule has 7 heteroatoms. The minimum Gasteiger partial charge on any atom is -0.310 e. The van der Waals surface area contributed by atoms with Crippen LogP contribution in [0.15, 0.2) is 51.7 Å². The first-order valence-corrected chi connectivity index (χ1v) is 9.88. The van der Waals surface area contributed by atoms with E-state index in [0.29, 0.717) is 22.0 Å². The molecule has 0 radical (unpaired) electrons. The first-order chi connectivity index (χ1) is 12.1. The van der Waals surface area contributed by atoms with Gasteiger partial charge in [-0.2, -0.15) is 0 Å². The molecule has 2 aromatic heterocycles. The summed E-state index contributed by atoms with van der Waals surface area (Å²) in [5, 5.41) is 2.86. The number of hydrogen-bond donors (Lipinski definition) is 0. The molecule has 128 valence electrons. The van der Waals surface area contributed by atoms with Crippen LogP contribution in [0.1, 0.15) is 13.3 Å². The molecule has 0 aliphatic carbocycles. The van der Waals surface area contributed by atoms with E-state index in [2.05, 4.69) is 11.9 Å². The Bertz CT molecular complexity index is 995. The van der Waals surface area contributed by atoms with Gasteiger partial charge in [-0.05, 0) is 30.0 Å². The lowest BCUT2D eigenvalue weighted by atomic mass is 10.2. The second-order valence-corrected chi connectivity index (χ2v) is 8.42. The molecule has 0 bridgehead atoms. The second kappa shape index (κ2) is 6.65. The van der Waals surface area contributed by atoms with Crippen molar-refractivity contribution in [2.75, 3.05) is 11.4 Å². The van der Waals surface area contributed by atoms with E-state index in [4.69, 9.17) is 0 Å². The molecule has 1 aromatic carbocycles.